The zero-order valence-electron chi connectivity index (χ0n) is 11.8. The Morgan fingerprint density at radius 2 is 1.81 bits per heavy atom. The number of aryl methyl sites for hydroxylation is 1. The van der Waals surface area contributed by atoms with Crippen molar-refractivity contribution < 1.29 is 17.2 Å². The molecule has 0 aliphatic carbocycles. The molecule has 1 atom stereocenters. The third kappa shape index (κ3) is 2.94. The lowest BCUT2D eigenvalue weighted by Crippen LogP contribution is -2.17. The Bertz CT molecular complexity index is 751. The summed E-state index contributed by atoms with van der Waals surface area (Å²) in [6.07, 6.45) is 0. The number of hydrogen-bond donors (Lipinski definition) is 0. The largest absolute Gasteiger partial charge is 0.317 e. The van der Waals surface area contributed by atoms with Gasteiger partial charge in [0.15, 0.2) is 9.84 Å². The van der Waals surface area contributed by atoms with Gasteiger partial charge in [0.1, 0.15) is 29.0 Å². The molecular formula is C13H15F2N3O2S. The Hall–Kier alpha value is -1.83. The Morgan fingerprint density at radius 1 is 1.24 bits per heavy atom. The molecule has 0 aliphatic rings. The van der Waals surface area contributed by atoms with Crippen LogP contribution in [0.4, 0.5) is 8.78 Å². The molecule has 1 unspecified atom stereocenters. The van der Waals surface area contributed by atoms with Crippen LogP contribution in [0.25, 0.3) is 0 Å². The molecule has 8 heteroatoms. The van der Waals surface area contributed by atoms with Crippen LogP contribution < -0.4 is 0 Å². The second-order valence-electron chi connectivity index (χ2n) is 4.81. The van der Waals surface area contributed by atoms with Gasteiger partial charge in [-0.1, -0.05) is 6.07 Å². The second kappa shape index (κ2) is 5.51. The Balaban J connectivity index is 2.38. The molecule has 0 saturated carbocycles. The highest BCUT2D eigenvalue weighted by atomic mass is 32.2. The van der Waals surface area contributed by atoms with E-state index in [0.29, 0.717) is 5.82 Å². The van der Waals surface area contributed by atoms with Crippen LogP contribution in [0.1, 0.15) is 29.4 Å². The van der Waals surface area contributed by atoms with Crippen molar-refractivity contribution in [3.05, 3.63) is 47.0 Å². The molecule has 0 N–H and O–H groups in total. The summed E-state index contributed by atoms with van der Waals surface area (Å²) in [6.45, 7) is 2.95. The van der Waals surface area contributed by atoms with Crippen molar-refractivity contribution in [1.29, 1.82) is 0 Å². The van der Waals surface area contributed by atoms with Crippen molar-refractivity contribution in [2.45, 2.75) is 24.9 Å². The van der Waals surface area contributed by atoms with Crippen LogP contribution in [0.5, 0.6) is 0 Å². The van der Waals surface area contributed by atoms with Crippen LogP contribution in [0.3, 0.4) is 0 Å². The monoisotopic (exact) mass is 315 g/mol. The van der Waals surface area contributed by atoms with E-state index in [-0.39, 0.29) is 5.82 Å². The normalized spacial score (nSPS) is 13.4. The van der Waals surface area contributed by atoms with Crippen LogP contribution in [-0.4, -0.2) is 23.2 Å². The molecule has 21 heavy (non-hydrogen) atoms. The first-order valence-electron chi connectivity index (χ1n) is 6.24. The van der Waals surface area contributed by atoms with Gasteiger partial charge in [-0.3, -0.25) is 0 Å². The smallest absolute Gasteiger partial charge is 0.164 e. The van der Waals surface area contributed by atoms with Crippen molar-refractivity contribution in [3.8, 4) is 0 Å². The number of halogens is 2. The SMILES string of the molecule is Cc1nnc(CS(=O)(=O)C(C)c2c(F)cccc2F)n1C. The molecular weight excluding hydrogens is 300 g/mol. The number of aromatic nitrogens is 3. The molecule has 0 spiro atoms. The van der Waals surface area contributed by atoms with E-state index in [1.165, 1.54) is 17.6 Å². The maximum atomic E-state index is 13.7. The Labute approximate surface area is 121 Å². The lowest BCUT2D eigenvalue weighted by atomic mass is 10.1. The maximum Gasteiger partial charge on any atom is 0.164 e. The van der Waals surface area contributed by atoms with E-state index in [1.54, 1.807) is 14.0 Å². The zero-order chi connectivity index (χ0) is 15.8. The molecule has 0 amide bonds. The Morgan fingerprint density at radius 3 is 2.29 bits per heavy atom. The van der Waals surface area contributed by atoms with Crippen molar-refractivity contribution in [3.63, 3.8) is 0 Å². The van der Waals surface area contributed by atoms with Gasteiger partial charge in [-0.15, -0.1) is 10.2 Å². The fourth-order valence-corrected chi connectivity index (χ4v) is 3.41. The summed E-state index contributed by atoms with van der Waals surface area (Å²) < 4.78 is 53.7. The van der Waals surface area contributed by atoms with Gasteiger partial charge >= 0.3 is 0 Å². The van der Waals surface area contributed by atoms with Gasteiger partial charge in [0.25, 0.3) is 0 Å². The minimum Gasteiger partial charge on any atom is -0.317 e. The van der Waals surface area contributed by atoms with E-state index in [9.17, 15) is 17.2 Å². The predicted octanol–water partition coefficient (Wildman–Crippen LogP) is 2.08. The molecule has 114 valence electrons. The van der Waals surface area contributed by atoms with E-state index in [2.05, 4.69) is 10.2 Å². The first-order valence-corrected chi connectivity index (χ1v) is 7.96. The van der Waals surface area contributed by atoms with Crippen molar-refractivity contribution in [2.75, 3.05) is 0 Å². The van der Waals surface area contributed by atoms with Gasteiger partial charge in [-0.2, -0.15) is 0 Å². The van der Waals surface area contributed by atoms with Gasteiger partial charge in [0.2, 0.25) is 0 Å². The number of nitrogens with zero attached hydrogens (tertiary/aromatic N) is 3. The fourth-order valence-electron chi connectivity index (χ4n) is 1.96. The molecule has 0 bridgehead atoms. The number of hydrogen-bond acceptors (Lipinski definition) is 4. The molecule has 0 fully saturated rings. The molecule has 1 aromatic heterocycles. The molecule has 2 aromatic rings. The van der Waals surface area contributed by atoms with Gasteiger partial charge in [-0.05, 0) is 26.0 Å². The molecule has 2 rings (SSSR count). The number of benzene rings is 1. The first kappa shape index (κ1) is 15.6. The van der Waals surface area contributed by atoms with Crippen molar-refractivity contribution >= 4 is 9.84 Å². The third-order valence-electron chi connectivity index (χ3n) is 3.46. The summed E-state index contributed by atoms with van der Waals surface area (Å²) in [4.78, 5) is 0. The lowest BCUT2D eigenvalue weighted by molar-refractivity contribution is 0.540. The average molecular weight is 315 g/mol. The summed E-state index contributed by atoms with van der Waals surface area (Å²) in [6, 6.07) is 3.27. The fraction of sp³-hybridized carbons (Fsp3) is 0.385. The number of sulfone groups is 1. The van der Waals surface area contributed by atoms with E-state index in [4.69, 9.17) is 0 Å². The summed E-state index contributed by atoms with van der Waals surface area (Å²) in [5, 5.41) is 6.23. The summed E-state index contributed by atoms with van der Waals surface area (Å²) in [7, 11) is -2.19. The molecule has 0 saturated heterocycles. The van der Waals surface area contributed by atoms with Crippen molar-refractivity contribution in [2.24, 2.45) is 7.05 Å². The van der Waals surface area contributed by atoms with E-state index in [0.717, 1.165) is 12.1 Å². The molecule has 0 radical (unpaired) electrons. The third-order valence-corrected chi connectivity index (χ3v) is 5.43. The van der Waals surface area contributed by atoms with Gasteiger partial charge < -0.3 is 4.57 Å². The molecule has 1 aromatic carbocycles. The molecule has 5 nitrogen and oxygen atoms in total. The second-order valence-corrected chi connectivity index (χ2v) is 7.13. The Kier molecular flexibility index (Phi) is 4.08. The first-order chi connectivity index (χ1) is 9.74. The van der Waals surface area contributed by atoms with Crippen LogP contribution in [0.15, 0.2) is 18.2 Å². The number of rotatable bonds is 4. The van der Waals surface area contributed by atoms with Crippen LogP contribution in [-0.2, 0) is 22.6 Å². The van der Waals surface area contributed by atoms with Crippen LogP contribution >= 0.6 is 0 Å². The zero-order valence-corrected chi connectivity index (χ0v) is 12.7. The predicted molar refractivity (Wildman–Crippen MR) is 73.1 cm³/mol. The minimum absolute atomic E-state index is 0.232. The van der Waals surface area contributed by atoms with Crippen molar-refractivity contribution in [1.82, 2.24) is 14.8 Å². The summed E-state index contributed by atoms with van der Waals surface area (Å²) in [5.41, 5.74) is -0.448. The van der Waals surface area contributed by atoms with Crippen LogP contribution in [0.2, 0.25) is 0 Å². The van der Waals surface area contributed by atoms with Gasteiger partial charge in [-0.25, -0.2) is 17.2 Å². The lowest BCUT2D eigenvalue weighted by Gasteiger charge is -2.14. The molecule has 0 aliphatic heterocycles. The van der Waals surface area contributed by atoms with E-state index in [1.807, 2.05) is 0 Å². The highest BCUT2D eigenvalue weighted by Gasteiger charge is 2.29. The average Bonchev–Trinajstić information content (AvgIpc) is 2.70. The van der Waals surface area contributed by atoms with Gasteiger partial charge in [0, 0.05) is 12.6 Å². The standard InChI is InChI=1S/C13H15F2N3O2S/c1-8(13-10(14)5-4-6-11(13)15)21(19,20)7-12-17-16-9(2)18(12)3/h4-6,8H,7H2,1-3H3. The topological polar surface area (TPSA) is 64.8 Å². The van der Waals surface area contributed by atoms with E-state index >= 15 is 0 Å². The van der Waals surface area contributed by atoms with Gasteiger partial charge in [0.05, 0.1) is 5.25 Å². The van der Waals surface area contributed by atoms with E-state index < -0.39 is 38.0 Å². The maximum absolute atomic E-state index is 13.7. The molecule has 1 heterocycles. The minimum atomic E-state index is -3.82. The quantitative estimate of drug-likeness (QED) is 0.866. The summed E-state index contributed by atoms with van der Waals surface area (Å²) in [5.74, 6) is -1.39. The highest BCUT2D eigenvalue weighted by molar-refractivity contribution is 7.90. The van der Waals surface area contributed by atoms with Crippen LogP contribution in [0, 0.1) is 18.6 Å². The highest BCUT2D eigenvalue weighted by Crippen LogP contribution is 2.29. The summed E-state index contributed by atoms with van der Waals surface area (Å²) >= 11 is 0.